The standard InChI is InChI=1S/C18H33NO4/c1-4-5-6-7-8-10-16(20)13-17(21)19-14-15(2)18(3)22-11-9-12-23-18/h15H,4-14H2,1-3H3,(H,19,21)/t15-/m0/s1. The topological polar surface area (TPSA) is 64.6 Å². The van der Waals surface area contributed by atoms with E-state index in [-0.39, 0.29) is 24.0 Å². The molecule has 0 saturated carbocycles. The van der Waals surface area contributed by atoms with Crippen molar-refractivity contribution in [3.8, 4) is 0 Å². The molecule has 1 amide bonds. The molecule has 0 radical (unpaired) electrons. The second kappa shape index (κ2) is 10.8. The average Bonchev–Trinajstić information content (AvgIpc) is 2.53. The third kappa shape index (κ3) is 7.93. The van der Waals surface area contributed by atoms with Crippen molar-refractivity contribution >= 4 is 11.7 Å². The minimum Gasteiger partial charge on any atom is -0.355 e. The number of ether oxygens (including phenoxy) is 2. The van der Waals surface area contributed by atoms with Gasteiger partial charge in [-0.2, -0.15) is 0 Å². The van der Waals surface area contributed by atoms with Gasteiger partial charge in [0.05, 0.1) is 19.6 Å². The van der Waals surface area contributed by atoms with Crippen molar-refractivity contribution in [1.82, 2.24) is 5.32 Å². The number of Topliss-reactive ketones (excluding diaryl/α,β-unsaturated/α-hetero) is 1. The first-order chi connectivity index (χ1) is 11.0. The van der Waals surface area contributed by atoms with Crippen LogP contribution in [0.5, 0.6) is 0 Å². The lowest BCUT2D eigenvalue weighted by molar-refractivity contribution is -0.279. The van der Waals surface area contributed by atoms with E-state index in [0.29, 0.717) is 26.2 Å². The van der Waals surface area contributed by atoms with Crippen LogP contribution in [0.15, 0.2) is 0 Å². The van der Waals surface area contributed by atoms with Crippen molar-refractivity contribution in [2.75, 3.05) is 19.8 Å². The van der Waals surface area contributed by atoms with E-state index in [1.807, 2.05) is 13.8 Å². The summed E-state index contributed by atoms with van der Waals surface area (Å²) in [5.74, 6) is -0.775. The molecule has 134 valence electrons. The number of carbonyl (C=O) groups excluding carboxylic acids is 2. The van der Waals surface area contributed by atoms with E-state index in [9.17, 15) is 9.59 Å². The molecule has 1 atom stereocenters. The molecular weight excluding hydrogens is 294 g/mol. The van der Waals surface area contributed by atoms with Crippen LogP contribution < -0.4 is 5.32 Å². The summed E-state index contributed by atoms with van der Waals surface area (Å²) in [7, 11) is 0. The zero-order valence-electron chi connectivity index (χ0n) is 15.0. The van der Waals surface area contributed by atoms with E-state index in [0.717, 1.165) is 19.3 Å². The summed E-state index contributed by atoms with van der Waals surface area (Å²) >= 11 is 0. The van der Waals surface area contributed by atoms with Crippen molar-refractivity contribution in [3.63, 3.8) is 0 Å². The van der Waals surface area contributed by atoms with E-state index >= 15 is 0 Å². The summed E-state index contributed by atoms with van der Waals surface area (Å²) in [4.78, 5) is 23.7. The van der Waals surface area contributed by atoms with Crippen molar-refractivity contribution in [1.29, 1.82) is 0 Å². The molecule has 0 aliphatic carbocycles. The SMILES string of the molecule is CCCCCCCC(=O)CC(=O)NC[C@H](C)C1(C)OCCCO1. The molecule has 0 aromatic heterocycles. The third-order valence-corrected chi connectivity index (χ3v) is 4.48. The Balaban J connectivity index is 2.16. The fraction of sp³-hybridized carbons (Fsp3) is 0.889. The summed E-state index contributed by atoms with van der Waals surface area (Å²) in [6.45, 7) is 7.89. The highest BCUT2D eigenvalue weighted by Crippen LogP contribution is 2.26. The Morgan fingerprint density at radius 1 is 1.13 bits per heavy atom. The molecule has 1 aliphatic rings. The number of rotatable bonds is 11. The Bertz CT molecular complexity index is 364. The van der Waals surface area contributed by atoms with Crippen molar-refractivity contribution < 1.29 is 19.1 Å². The lowest BCUT2D eigenvalue weighted by Crippen LogP contribution is -2.47. The van der Waals surface area contributed by atoms with E-state index in [2.05, 4.69) is 12.2 Å². The van der Waals surface area contributed by atoms with Crippen molar-refractivity contribution in [3.05, 3.63) is 0 Å². The predicted molar refractivity (Wildman–Crippen MR) is 90.1 cm³/mol. The molecule has 1 rings (SSSR count). The summed E-state index contributed by atoms with van der Waals surface area (Å²) in [6.07, 6.45) is 6.95. The van der Waals surface area contributed by atoms with Crippen molar-refractivity contribution in [2.24, 2.45) is 5.92 Å². The van der Waals surface area contributed by atoms with Gasteiger partial charge in [-0.1, -0.05) is 39.5 Å². The van der Waals surface area contributed by atoms with E-state index in [1.165, 1.54) is 19.3 Å². The zero-order valence-corrected chi connectivity index (χ0v) is 15.0. The molecule has 0 bridgehead atoms. The lowest BCUT2D eigenvalue weighted by atomic mass is 10.0. The number of unbranched alkanes of at least 4 members (excludes halogenated alkanes) is 4. The Labute approximate surface area is 140 Å². The molecule has 1 aliphatic heterocycles. The van der Waals surface area contributed by atoms with Crippen LogP contribution in [0, 0.1) is 5.92 Å². The van der Waals surface area contributed by atoms with Crippen molar-refractivity contribution in [2.45, 2.75) is 77.9 Å². The lowest BCUT2D eigenvalue weighted by Gasteiger charge is -2.38. The van der Waals surface area contributed by atoms with Crippen LogP contribution in [-0.4, -0.2) is 37.2 Å². The van der Waals surface area contributed by atoms with E-state index in [4.69, 9.17) is 9.47 Å². The summed E-state index contributed by atoms with van der Waals surface area (Å²) in [6, 6.07) is 0. The molecule has 5 nitrogen and oxygen atoms in total. The highest BCUT2D eigenvalue weighted by molar-refractivity contribution is 5.97. The molecule has 0 unspecified atom stereocenters. The van der Waals surface area contributed by atoms with Crippen LogP contribution in [0.1, 0.15) is 72.1 Å². The summed E-state index contributed by atoms with van der Waals surface area (Å²) < 4.78 is 11.4. The monoisotopic (exact) mass is 327 g/mol. The van der Waals surface area contributed by atoms with Gasteiger partial charge in [0.25, 0.3) is 0 Å². The van der Waals surface area contributed by atoms with Gasteiger partial charge in [0.15, 0.2) is 5.79 Å². The largest absolute Gasteiger partial charge is 0.355 e. The van der Waals surface area contributed by atoms with E-state index < -0.39 is 5.79 Å². The fourth-order valence-corrected chi connectivity index (χ4v) is 2.64. The molecule has 5 heteroatoms. The molecule has 1 heterocycles. The quantitative estimate of drug-likeness (QED) is 0.467. The third-order valence-electron chi connectivity index (χ3n) is 4.48. The minimum atomic E-state index is -0.644. The van der Waals surface area contributed by atoms with Gasteiger partial charge in [-0.15, -0.1) is 0 Å². The normalized spacial score (nSPS) is 18.4. The number of nitrogens with one attached hydrogen (secondary N) is 1. The molecular formula is C18H33NO4. The predicted octanol–water partition coefficient (Wildman–Crippen LogP) is 3.21. The van der Waals surface area contributed by atoms with Crippen LogP contribution in [0.3, 0.4) is 0 Å². The maximum Gasteiger partial charge on any atom is 0.227 e. The maximum atomic E-state index is 11.9. The highest BCUT2D eigenvalue weighted by atomic mass is 16.7. The number of amides is 1. The van der Waals surface area contributed by atoms with Gasteiger partial charge < -0.3 is 14.8 Å². The number of hydrogen-bond donors (Lipinski definition) is 1. The number of carbonyl (C=O) groups is 2. The van der Waals surface area contributed by atoms with Crippen LogP contribution in [0.4, 0.5) is 0 Å². The summed E-state index contributed by atoms with van der Waals surface area (Å²) in [5, 5.41) is 2.83. The van der Waals surface area contributed by atoms with Gasteiger partial charge in [0.1, 0.15) is 5.78 Å². The smallest absolute Gasteiger partial charge is 0.227 e. The molecule has 0 aromatic carbocycles. The Morgan fingerprint density at radius 3 is 2.43 bits per heavy atom. The Hall–Kier alpha value is -0.940. The minimum absolute atomic E-state index is 0.0150. The van der Waals surface area contributed by atoms with Crippen LogP contribution >= 0.6 is 0 Å². The fourth-order valence-electron chi connectivity index (χ4n) is 2.64. The molecule has 1 fully saturated rings. The first-order valence-corrected chi connectivity index (χ1v) is 9.04. The average molecular weight is 327 g/mol. The van der Waals surface area contributed by atoms with Crippen LogP contribution in [-0.2, 0) is 19.1 Å². The van der Waals surface area contributed by atoms with E-state index in [1.54, 1.807) is 0 Å². The van der Waals surface area contributed by atoms with Gasteiger partial charge in [-0.05, 0) is 19.8 Å². The molecule has 1 saturated heterocycles. The summed E-state index contributed by atoms with van der Waals surface area (Å²) in [5.41, 5.74) is 0. The van der Waals surface area contributed by atoms with Gasteiger partial charge >= 0.3 is 0 Å². The van der Waals surface area contributed by atoms with Crippen LogP contribution in [0.2, 0.25) is 0 Å². The first kappa shape index (κ1) is 20.1. The molecule has 23 heavy (non-hydrogen) atoms. The van der Waals surface area contributed by atoms with Gasteiger partial charge in [0, 0.05) is 18.9 Å². The van der Waals surface area contributed by atoms with Crippen LogP contribution in [0.25, 0.3) is 0 Å². The maximum absolute atomic E-state index is 11.9. The molecule has 0 spiro atoms. The second-order valence-electron chi connectivity index (χ2n) is 6.65. The first-order valence-electron chi connectivity index (χ1n) is 9.04. The second-order valence-corrected chi connectivity index (χ2v) is 6.65. The zero-order chi connectivity index (χ0) is 17.1. The number of hydrogen-bond acceptors (Lipinski definition) is 4. The number of ketones is 1. The molecule has 1 N–H and O–H groups in total. The Morgan fingerprint density at radius 2 is 1.78 bits per heavy atom. The van der Waals surface area contributed by atoms with Gasteiger partial charge in [0.2, 0.25) is 5.91 Å². The van der Waals surface area contributed by atoms with Gasteiger partial charge in [-0.3, -0.25) is 9.59 Å². The Kier molecular flexibility index (Phi) is 9.41. The van der Waals surface area contributed by atoms with Gasteiger partial charge in [-0.25, -0.2) is 0 Å². The highest BCUT2D eigenvalue weighted by Gasteiger charge is 2.35. The molecule has 0 aromatic rings.